The van der Waals surface area contributed by atoms with E-state index in [0.717, 1.165) is 40.6 Å². The first-order valence-corrected chi connectivity index (χ1v) is 15.0. The van der Waals surface area contributed by atoms with Crippen LogP contribution in [-0.4, -0.2) is 56.0 Å². The zero-order valence-electron chi connectivity index (χ0n) is 20.9. The first kappa shape index (κ1) is 25.3. The summed E-state index contributed by atoms with van der Waals surface area (Å²) in [4.78, 5) is 20.9. The fraction of sp³-hybridized carbons (Fsp3) is 0.481. The number of carbonyl (C=O) groups excluding carboxylic acids is 1. The Morgan fingerprint density at radius 2 is 1.97 bits per heavy atom. The standard InChI is InChI=1S/C27H33N3O4S2/c1-3-20-7-4-10-24-25(20)28-27(35-24)30(18-22-9-6-16-34-22)26(31)21-8-5-15-29(17-21)36(32,33)23-13-11-19(2)12-14-23/h4,7,10-14,21-22H,3,5-6,8-9,15-18H2,1-2H3. The zero-order chi connectivity index (χ0) is 25.3. The number of aryl methyl sites for hydroxylation is 2. The maximum atomic E-state index is 14.0. The van der Waals surface area contributed by atoms with Crippen LogP contribution in [0.1, 0.15) is 43.7 Å². The number of rotatable bonds is 7. The minimum Gasteiger partial charge on any atom is -0.376 e. The fourth-order valence-corrected chi connectivity index (χ4v) is 7.64. The number of nitrogens with zero attached hydrogens (tertiary/aromatic N) is 3. The minimum absolute atomic E-state index is 0.0254. The Balaban J connectivity index is 1.42. The van der Waals surface area contributed by atoms with Crippen LogP contribution < -0.4 is 4.90 Å². The van der Waals surface area contributed by atoms with Crippen molar-refractivity contribution in [3.8, 4) is 0 Å². The summed E-state index contributed by atoms with van der Waals surface area (Å²) in [5, 5.41) is 0.671. The predicted octanol–water partition coefficient (Wildman–Crippen LogP) is 4.78. The van der Waals surface area contributed by atoms with Crippen molar-refractivity contribution in [1.82, 2.24) is 9.29 Å². The fourth-order valence-electron chi connectivity index (χ4n) is 5.09. The molecule has 7 nitrogen and oxygen atoms in total. The summed E-state index contributed by atoms with van der Waals surface area (Å²) in [5.74, 6) is -0.482. The van der Waals surface area contributed by atoms with Crippen molar-refractivity contribution in [2.24, 2.45) is 5.92 Å². The topological polar surface area (TPSA) is 79.8 Å². The van der Waals surface area contributed by atoms with E-state index in [1.165, 1.54) is 15.6 Å². The summed E-state index contributed by atoms with van der Waals surface area (Å²) in [7, 11) is -3.66. The number of fused-ring (bicyclic) bond motifs is 1. The third kappa shape index (κ3) is 5.07. The third-order valence-electron chi connectivity index (χ3n) is 7.17. The van der Waals surface area contributed by atoms with Gasteiger partial charge in [0.25, 0.3) is 0 Å². The van der Waals surface area contributed by atoms with Crippen LogP contribution in [0.2, 0.25) is 0 Å². The molecule has 2 fully saturated rings. The predicted molar refractivity (Wildman–Crippen MR) is 143 cm³/mol. The Hall–Kier alpha value is -2.33. The van der Waals surface area contributed by atoms with Crippen molar-refractivity contribution >= 4 is 42.6 Å². The lowest BCUT2D eigenvalue weighted by molar-refractivity contribution is -0.123. The molecule has 2 unspecified atom stereocenters. The highest BCUT2D eigenvalue weighted by Gasteiger charge is 2.37. The molecule has 2 saturated heterocycles. The Kier molecular flexibility index (Phi) is 7.44. The van der Waals surface area contributed by atoms with E-state index in [1.807, 2.05) is 19.1 Å². The lowest BCUT2D eigenvalue weighted by Gasteiger charge is -2.34. The first-order chi connectivity index (χ1) is 17.4. The van der Waals surface area contributed by atoms with Gasteiger partial charge in [0.15, 0.2) is 5.13 Å². The molecule has 1 amide bonds. The number of amides is 1. The number of aromatic nitrogens is 1. The van der Waals surface area contributed by atoms with E-state index in [4.69, 9.17) is 9.72 Å². The van der Waals surface area contributed by atoms with Crippen molar-refractivity contribution in [2.75, 3.05) is 31.1 Å². The number of piperidine rings is 1. The van der Waals surface area contributed by atoms with Crippen LogP contribution in [0.4, 0.5) is 5.13 Å². The molecule has 5 rings (SSSR count). The maximum Gasteiger partial charge on any atom is 0.243 e. The Morgan fingerprint density at radius 3 is 2.69 bits per heavy atom. The van der Waals surface area contributed by atoms with Crippen LogP contribution in [0.5, 0.6) is 0 Å². The lowest BCUT2D eigenvalue weighted by Crippen LogP contribution is -2.48. The molecule has 0 aliphatic carbocycles. The molecule has 2 atom stereocenters. The van der Waals surface area contributed by atoms with Gasteiger partial charge >= 0.3 is 0 Å². The Morgan fingerprint density at radius 1 is 1.17 bits per heavy atom. The average Bonchev–Trinajstić information content (AvgIpc) is 3.57. The second kappa shape index (κ2) is 10.6. The minimum atomic E-state index is -3.66. The molecule has 3 heterocycles. The van der Waals surface area contributed by atoms with Gasteiger partial charge in [-0.15, -0.1) is 0 Å². The van der Waals surface area contributed by atoms with Gasteiger partial charge in [0.1, 0.15) is 0 Å². The van der Waals surface area contributed by atoms with E-state index >= 15 is 0 Å². The average molecular weight is 528 g/mol. The first-order valence-electron chi connectivity index (χ1n) is 12.7. The van der Waals surface area contributed by atoms with Gasteiger partial charge in [0, 0.05) is 19.7 Å². The van der Waals surface area contributed by atoms with E-state index in [0.29, 0.717) is 37.7 Å². The highest BCUT2D eigenvalue weighted by Crippen LogP contribution is 2.34. The second-order valence-electron chi connectivity index (χ2n) is 9.71. The highest BCUT2D eigenvalue weighted by atomic mass is 32.2. The van der Waals surface area contributed by atoms with E-state index in [-0.39, 0.29) is 23.5 Å². The normalized spacial score (nSPS) is 21.2. The smallest absolute Gasteiger partial charge is 0.243 e. The van der Waals surface area contributed by atoms with Crippen LogP contribution in [-0.2, 0) is 26.0 Å². The SMILES string of the molecule is CCc1cccc2sc(N(CC3CCCO3)C(=O)C3CCCN(S(=O)(=O)c4ccc(C)cc4)C3)nc12. The van der Waals surface area contributed by atoms with Gasteiger partial charge in [-0.1, -0.05) is 48.1 Å². The van der Waals surface area contributed by atoms with Gasteiger partial charge in [-0.3, -0.25) is 9.69 Å². The van der Waals surface area contributed by atoms with Crippen molar-refractivity contribution in [3.05, 3.63) is 53.6 Å². The molecule has 9 heteroatoms. The number of thiazole rings is 1. The van der Waals surface area contributed by atoms with Crippen molar-refractivity contribution in [1.29, 1.82) is 0 Å². The lowest BCUT2D eigenvalue weighted by atomic mass is 9.98. The number of benzene rings is 2. The van der Waals surface area contributed by atoms with E-state index in [9.17, 15) is 13.2 Å². The van der Waals surface area contributed by atoms with E-state index < -0.39 is 15.9 Å². The molecule has 2 aliphatic rings. The highest BCUT2D eigenvalue weighted by molar-refractivity contribution is 7.89. The molecule has 192 valence electrons. The molecule has 2 aliphatic heterocycles. The van der Waals surface area contributed by atoms with Gasteiger partial charge < -0.3 is 4.74 Å². The quantitative estimate of drug-likeness (QED) is 0.442. The number of carbonyl (C=O) groups is 1. The van der Waals surface area contributed by atoms with Crippen LogP contribution in [0.3, 0.4) is 0 Å². The van der Waals surface area contributed by atoms with E-state index in [2.05, 4.69) is 13.0 Å². The number of sulfonamides is 1. The summed E-state index contributed by atoms with van der Waals surface area (Å²) < 4.78 is 35.1. The maximum absolute atomic E-state index is 14.0. The summed E-state index contributed by atoms with van der Waals surface area (Å²) in [6.07, 6.45) is 4.05. The van der Waals surface area contributed by atoms with Crippen molar-refractivity contribution in [2.45, 2.75) is 57.0 Å². The summed E-state index contributed by atoms with van der Waals surface area (Å²) in [6.45, 7) is 5.79. The molecule has 0 bridgehead atoms. The molecular weight excluding hydrogens is 494 g/mol. The van der Waals surface area contributed by atoms with Crippen LogP contribution in [0.25, 0.3) is 10.2 Å². The molecule has 0 radical (unpaired) electrons. The van der Waals surface area contributed by atoms with Crippen LogP contribution in [0.15, 0.2) is 47.4 Å². The van der Waals surface area contributed by atoms with Crippen LogP contribution >= 0.6 is 11.3 Å². The van der Waals surface area contributed by atoms with Gasteiger partial charge in [-0.25, -0.2) is 13.4 Å². The molecule has 2 aromatic carbocycles. The monoisotopic (exact) mass is 527 g/mol. The Bertz CT molecular complexity index is 1330. The molecule has 1 aromatic heterocycles. The number of para-hydroxylation sites is 1. The molecule has 3 aromatic rings. The summed E-state index contributed by atoms with van der Waals surface area (Å²) in [6, 6.07) is 13.1. The van der Waals surface area contributed by atoms with Gasteiger partial charge in [0.05, 0.1) is 33.7 Å². The number of anilines is 1. The van der Waals surface area contributed by atoms with Crippen molar-refractivity contribution < 1.29 is 17.9 Å². The molecule has 0 N–H and O–H groups in total. The van der Waals surface area contributed by atoms with Crippen LogP contribution in [0, 0.1) is 12.8 Å². The molecule has 0 spiro atoms. The van der Waals surface area contributed by atoms with Gasteiger partial charge in [0.2, 0.25) is 15.9 Å². The second-order valence-corrected chi connectivity index (χ2v) is 12.7. The number of hydrogen-bond donors (Lipinski definition) is 0. The van der Waals surface area contributed by atoms with E-state index in [1.54, 1.807) is 29.2 Å². The molecule has 36 heavy (non-hydrogen) atoms. The summed E-state index contributed by atoms with van der Waals surface area (Å²) in [5.41, 5.74) is 3.11. The van der Waals surface area contributed by atoms with Gasteiger partial charge in [-0.2, -0.15) is 4.31 Å². The Labute approximate surface area is 217 Å². The van der Waals surface area contributed by atoms with Crippen molar-refractivity contribution in [3.63, 3.8) is 0 Å². The number of hydrogen-bond acceptors (Lipinski definition) is 6. The third-order valence-corrected chi connectivity index (χ3v) is 10.1. The zero-order valence-corrected chi connectivity index (χ0v) is 22.5. The number of ether oxygens (including phenoxy) is 1. The summed E-state index contributed by atoms with van der Waals surface area (Å²) >= 11 is 1.52. The van der Waals surface area contributed by atoms with Gasteiger partial charge in [-0.05, 0) is 62.8 Å². The largest absolute Gasteiger partial charge is 0.376 e. The molecular formula is C27H33N3O4S2. The molecule has 0 saturated carbocycles.